The third-order valence-corrected chi connectivity index (χ3v) is 3.10. The summed E-state index contributed by atoms with van der Waals surface area (Å²) in [5, 5.41) is 9.93. The fourth-order valence-electron chi connectivity index (χ4n) is 2.11. The van der Waals surface area contributed by atoms with E-state index in [-0.39, 0.29) is 0 Å². The quantitative estimate of drug-likeness (QED) is 0.754. The van der Waals surface area contributed by atoms with Crippen molar-refractivity contribution < 1.29 is 4.42 Å². The first-order valence-corrected chi connectivity index (χ1v) is 6.46. The summed E-state index contributed by atoms with van der Waals surface area (Å²) >= 11 is 0. The highest BCUT2D eigenvalue weighted by molar-refractivity contribution is 5.47. The van der Waals surface area contributed by atoms with Gasteiger partial charge in [-0.2, -0.15) is 0 Å². The third-order valence-electron chi connectivity index (χ3n) is 3.10. The Labute approximate surface area is 111 Å². The van der Waals surface area contributed by atoms with Gasteiger partial charge in [0.15, 0.2) is 0 Å². The van der Waals surface area contributed by atoms with E-state index in [0.29, 0.717) is 12.6 Å². The lowest BCUT2D eigenvalue weighted by molar-refractivity contribution is 0.518. The molecule has 0 spiro atoms. The molecule has 6 heteroatoms. The summed E-state index contributed by atoms with van der Waals surface area (Å²) in [7, 11) is 0. The van der Waals surface area contributed by atoms with E-state index in [9.17, 15) is 0 Å². The molecule has 0 bridgehead atoms. The van der Waals surface area contributed by atoms with Gasteiger partial charge in [-0.3, -0.25) is 0 Å². The summed E-state index contributed by atoms with van der Waals surface area (Å²) in [6.45, 7) is 2.67. The zero-order valence-corrected chi connectivity index (χ0v) is 10.6. The first-order valence-electron chi connectivity index (χ1n) is 6.46. The number of hydrogen-bond acceptors (Lipinski definition) is 6. The van der Waals surface area contributed by atoms with E-state index in [0.717, 1.165) is 36.9 Å². The summed E-state index contributed by atoms with van der Waals surface area (Å²) in [5.74, 6) is 2.53. The topological polar surface area (TPSA) is 75.0 Å². The molecule has 1 fully saturated rings. The van der Waals surface area contributed by atoms with Crippen LogP contribution in [0.1, 0.15) is 12.2 Å². The van der Waals surface area contributed by atoms with E-state index in [2.05, 4.69) is 25.9 Å². The van der Waals surface area contributed by atoms with E-state index < -0.39 is 0 Å². The molecule has 2 aromatic rings. The van der Waals surface area contributed by atoms with E-state index in [4.69, 9.17) is 4.42 Å². The average molecular weight is 259 g/mol. The molecule has 6 nitrogen and oxygen atoms in total. The highest BCUT2D eigenvalue weighted by Gasteiger charge is 2.14. The number of aromatic nitrogens is 2. The fraction of sp³-hybridized carbons (Fsp3) is 0.385. The van der Waals surface area contributed by atoms with Gasteiger partial charge in [-0.25, -0.2) is 9.97 Å². The van der Waals surface area contributed by atoms with Gasteiger partial charge in [0.1, 0.15) is 23.7 Å². The Morgan fingerprint density at radius 1 is 1.37 bits per heavy atom. The maximum Gasteiger partial charge on any atom is 0.131 e. The van der Waals surface area contributed by atoms with Crippen molar-refractivity contribution in [2.45, 2.75) is 19.0 Å². The maximum atomic E-state index is 5.26. The molecule has 3 heterocycles. The molecule has 1 saturated heterocycles. The van der Waals surface area contributed by atoms with Gasteiger partial charge in [0, 0.05) is 18.7 Å². The van der Waals surface area contributed by atoms with Crippen LogP contribution in [0.2, 0.25) is 0 Å². The zero-order chi connectivity index (χ0) is 12.9. The molecule has 0 amide bonds. The lowest BCUT2D eigenvalue weighted by atomic mass is 10.2. The van der Waals surface area contributed by atoms with E-state index in [1.807, 2.05) is 18.2 Å². The van der Waals surface area contributed by atoms with Crippen LogP contribution in [-0.2, 0) is 6.54 Å². The molecule has 1 atom stereocenters. The van der Waals surface area contributed by atoms with Crippen LogP contribution in [0.15, 0.2) is 35.2 Å². The molecular weight excluding hydrogens is 242 g/mol. The summed E-state index contributed by atoms with van der Waals surface area (Å²) in [6, 6.07) is 6.17. The molecule has 2 aromatic heterocycles. The molecule has 0 aromatic carbocycles. The van der Waals surface area contributed by atoms with Crippen molar-refractivity contribution in [2.75, 3.05) is 23.7 Å². The van der Waals surface area contributed by atoms with Crippen molar-refractivity contribution in [3.63, 3.8) is 0 Å². The monoisotopic (exact) mass is 259 g/mol. The average Bonchev–Trinajstić information content (AvgIpc) is 3.10. The second kappa shape index (κ2) is 5.71. The molecule has 100 valence electrons. The Bertz CT molecular complexity index is 508. The number of nitrogens with one attached hydrogen (secondary N) is 3. The predicted molar refractivity (Wildman–Crippen MR) is 73.0 cm³/mol. The van der Waals surface area contributed by atoms with Crippen LogP contribution in [0.3, 0.4) is 0 Å². The van der Waals surface area contributed by atoms with Gasteiger partial charge in [0.05, 0.1) is 12.8 Å². The molecule has 3 rings (SSSR count). The van der Waals surface area contributed by atoms with Crippen LogP contribution >= 0.6 is 0 Å². The Morgan fingerprint density at radius 3 is 3.11 bits per heavy atom. The maximum absolute atomic E-state index is 5.26. The lowest BCUT2D eigenvalue weighted by Gasteiger charge is -2.12. The van der Waals surface area contributed by atoms with Gasteiger partial charge >= 0.3 is 0 Å². The number of furan rings is 1. The van der Waals surface area contributed by atoms with E-state index in [1.165, 1.54) is 0 Å². The minimum absolute atomic E-state index is 0.452. The highest BCUT2D eigenvalue weighted by Crippen LogP contribution is 2.13. The van der Waals surface area contributed by atoms with E-state index >= 15 is 0 Å². The largest absolute Gasteiger partial charge is 0.467 e. The van der Waals surface area contributed by atoms with Gasteiger partial charge in [-0.15, -0.1) is 0 Å². The van der Waals surface area contributed by atoms with Crippen LogP contribution in [0.25, 0.3) is 0 Å². The molecule has 19 heavy (non-hydrogen) atoms. The lowest BCUT2D eigenvalue weighted by Crippen LogP contribution is -2.22. The second-order valence-electron chi connectivity index (χ2n) is 4.56. The second-order valence-corrected chi connectivity index (χ2v) is 4.56. The van der Waals surface area contributed by atoms with Gasteiger partial charge < -0.3 is 20.4 Å². The van der Waals surface area contributed by atoms with Crippen molar-refractivity contribution in [1.82, 2.24) is 15.3 Å². The van der Waals surface area contributed by atoms with E-state index in [1.54, 1.807) is 12.6 Å². The zero-order valence-electron chi connectivity index (χ0n) is 10.6. The van der Waals surface area contributed by atoms with Crippen molar-refractivity contribution in [3.05, 3.63) is 36.5 Å². The predicted octanol–water partition coefficient (Wildman–Crippen LogP) is 1.46. The summed E-state index contributed by atoms with van der Waals surface area (Å²) in [4.78, 5) is 8.43. The first-order chi connectivity index (χ1) is 9.40. The van der Waals surface area contributed by atoms with Crippen LogP contribution in [0.4, 0.5) is 11.6 Å². The van der Waals surface area contributed by atoms with Crippen molar-refractivity contribution in [2.24, 2.45) is 0 Å². The minimum Gasteiger partial charge on any atom is -0.467 e. The molecule has 1 unspecified atom stereocenters. The summed E-state index contributed by atoms with van der Waals surface area (Å²) < 4.78 is 5.26. The van der Waals surface area contributed by atoms with Gasteiger partial charge in [-0.05, 0) is 25.1 Å². The molecule has 1 aliphatic rings. The first kappa shape index (κ1) is 12.0. The third kappa shape index (κ3) is 3.23. The molecular formula is C13H17N5O. The van der Waals surface area contributed by atoms with Crippen molar-refractivity contribution in [1.29, 1.82) is 0 Å². The van der Waals surface area contributed by atoms with Crippen molar-refractivity contribution >= 4 is 11.6 Å². The minimum atomic E-state index is 0.452. The van der Waals surface area contributed by atoms with Crippen LogP contribution in [0.5, 0.6) is 0 Å². The molecule has 0 aliphatic carbocycles. The number of anilines is 2. The smallest absolute Gasteiger partial charge is 0.131 e. The normalized spacial score (nSPS) is 18.4. The van der Waals surface area contributed by atoms with Gasteiger partial charge in [0.2, 0.25) is 0 Å². The van der Waals surface area contributed by atoms with Crippen molar-refractivity contribution in [3.8, 4) is 0 Å². The Morgan fingerprint density at radius 2 is 2.32 bits per heavy atom. The van der Waals surface area contributed by atoms with Gasteiger partial charge in [0.25, 0.3) is 0 Å². The number of nitrogens with zero attached hydrogens (tertiary/aromatic N) is 2. The Balaban J connectivity index is 1.59. The highest BCUT2D eigenvalue weighted by atomic mass is 16.3. The Hall–Kier alpha value is -2.08. The molecule has 0 radical (unpaired) electrons. The van der Waals surface area contributed by atoms with Gasteiger partial charge in [-0.1, -0.05) is 0 Å². The molecule has 3 N–H and O–H groups in total. The Kier molecular flexibility index (Phi) is 3.60. The standard InChI is InChI=1S/C13H17N5O/c1-2-11(19-5-1)8-15-12-6-13(17-9-16-12)18-10-3-4-14-7-10/h1-2,5-6,9-10,14H,3-4,7-8H2,(H2,15,16,17,18). The summed E-state index contributed by atoms with van der Waals surface area (Å²) in [6.07, 6.45) is 4.35. The fourth-order valence-corrected chi connectivity index (χ4v) is 2.11. The van der Waals surface area contributed by atoms with Crippen LogP contribution in [0, 0.1) is 0 Å². The number of hydrogen-bond donors (Lipinski definition) is 3. The van der Waals surface area contributed by atoms with Crippen LogP contribution in [-0.4, -0.2) is 29.1 Å². The SMILES string of the molecule is c1coc(CNc2cc(NC3CCNC3)ncn2)c1. The number of rotatable bonds is 5. The molecule has 1 aliphatic heterocycles. The molecule has 0 saturated carbocycles. The summed E-state index contributed by atoms with van der Waals surface area (Å²) in [5.41, 5.74) is 0. The van der Waals surface area contributed by atoms with Crippen LogP contribution < -0.4 is 16.0 Å².